The van der Waals surface area contributed by atoms with Crippen LogP contribution in [0.4, 0.5) is 5.82 Å². The number of nitrogens with zero attached hydrogens (tertiary/aromatic N) is 1. The predicted molar refractivity (Wildman–Crippen MR) is 52.4 cm³/mol. The third-order valence-electron chi connectivity index (χ3n) is 1.90. The number of pyridine rings is 1. The van der Waals surface area contributed by atoms with Gasteiger partial charge in [-0.05, 0) is 24.5 Å². The van der Waals surface area contributed by atoms with Gasteiger partial charge < -0.3 is 5.32 Å². The summed E-state index contributed by atoms with van der Waals surface area (Å²) in [5.74, 6) is 0.940. The van der Waals surface area contributed by atoms with E-state index in [-0.39, 0.29) is 0 Å². The molecule has 1 aromatic rings. The van der Waals surface area contributed by atoms with Crippen molar-refractivity contribution in [2.24, 2.45) is 0 Å². The van der Waals surface area contributed by atoms with Gasteiger partial charge in [0.05, 0.1) is 0 Å². The Hall–Kier alpha value is -1.05. The Bertz CT molecular complexity index is 216. The number of aryl methyl sites for hydroxylation is 1. The molecule has 0 saturated carbocycles. The second-order valence-electron chi connectivity index (χ2n) is 2.91. The van der Waals surface area contributed by atoms with E-state index in [9.17, 15) is 0 Å². The van der Waals surface area contributed by atoms with Crippen LogP contribution < -0.4 is 5.32 Å². The third kappa shape index (κ3) is 2.53. The van der Waals surface area contributed by atoms with Crippen molar-refractivity contribution in [3.63, 3.8) is 0 Å². The molecule has 2 heteroatoms. The van der Waals surface area contributed by atoms with Crippen molar-refractivity contribution in [2.75, 3.05) is 12.4 Å². The number of hydrogen-bond donors (Lipinski definition) is 1. The van der Waals surface area contributed by atoms with E-state index in [1.807, 2.05) is 19.3 Å². The molecule has 0 spiro atoms. The fraction of sp³-hybridized carbons (Fsp3) is 0.500. The maximum atomic E-state index is 4.24. The predicted octanol–water partition coefficient (Wildman–Crippen LogP) is 2.47. The van der Waals surface area contributed by atoms with Gasteiger partial charge in [0.2, 0.25) is 0 Å². The lowest BCUT2D eigenvalue weighted by molar-refractivity contribution is 0.792. The molecule has 0 amide bonds. The lowest BCUT2D eigenvalue weighted by Gasteiger charge is -2.01. The van der Waals surface area contributed by atoms with Gasteiger partial charge in [0.15, 0.2) is 0 Å². The molecule has 0 bridgehead atoms. The van der Waals surface area contributed by atoms with Gasteiger partial charge in [0, 0.05) is 13.2 Å². The van der Waals surface area contributed by atoms with Crippen molar-refractivity contribution in [3.8, 4) is 0 Å². The standard InChI is InChI=1S/C10H16N2/c1-3-4-5-9-6-7-10(11-2)12-8-9/h6-8H,3-5H2,1-2H3,(H,11,12). The van der Waals surface area contributed by atoms with Gasteiger partial charge in [0.25, 0.3) is 0 Å². The molecular formula is C10H16N2. The van der Waals surface area contributed by atoms with Crippen LogP contribution in [0.1, 0.15) is 25.3 Å². The van der Waals surface area contributed by atoms with E-state index in [1.165, 1.54) is 18.4 Å². The van der Waals surface area contributed by atoms with Gasteiger partial charge in [-0.2, -0.15) is 0 Å². The van der Waals surface area contributed by atoms with Crippen molar-refractivity contribution in [1.29, 1.82) is 0 Å². The summed E-state index contributed by atoms with van der Waals surface area (Å²) in [5, 5.41) is 3.00. The van der Waals surface area contributed by atoms with Crippen LogP contribution in [0.25, 0.3) is 0 Å². The Labute approximate surface area is 74.0 Å². The second-order valence-corrected chi connectivity index (χ2v) is 2.91. The summed E-state index contributed by atoms with van der Waals surface area (Å²) in [6.07, 6.45) is 5.59. The first-order valence-electron chi connectivity index (χ1n) is 4.49. The van der Waals surface area contributed by atoms with Gasteiger partial charge in [-0.25, -0.2) is 4.98 Å². The van der Waals surface area contributed by atoms with E-state index in [0.717, 1.165) is 12.2 Å². The Morgan fingerprint density at radius 3 is 2.75 bits per heavy atom. The summed E-state index contributed by atoms with van der Waals surface area (Å²) in [5.41, 5.74) is 1.33. The molecule has 0 fully saturated rings. The molecule has 0 saturated heterocycles. The summed E-state index contributed by atoms with van der Waals surface area (Å²) in [6, 6.07) is 4.15. The van der Waals surface area contributed by atoms with Crippen molar-refractivity contribution < 1.29 is 0 Å². The molecule has 1 aromatic heterocycles. The molecule has 0 atom stereocenters. The minimum Gasteiger partial charge on any atom is -0.373 e. The maximum absolute atomic E-state index is 4.24. The zero-order valence-corrected chi connectivity index (χ0v) is 7.80. The van der Waals surface area contributed by atoms with Crippen molar-refractivity contribution in [1.82, 2.24) is 4.98 Å². The molecule has 0 aromatic carbocycles. The number of aromatic nitrogens is 1. The fourth-order valence-corrected chi connectivity index (χ4v) is 1.10. The van der Waals surface area contributed by atoms with E-state index in [4.69, 9.17) is 0 Å². The molecule has 1 N–H and O–H groups in total. The number of unbranched alkanes of at least 4 members (excludes halogenated alkanes) is 1. The molecule has 0 radical (unpaired) electrons. The van der Waals surface area contributed by atoms with E-state index in [0.29, 0.717) is 0 Å². The molecule has 0 aliphatic heterocycles. The minimum absolute atomic E-state index is 0.940. The van der Waals surface area contributed by atoms with E-state index < -0.39 is 0 Å². The highest BCUT2D eigenvalue weighted by Crippen LogP contribution is 2.06. The lowest BCUT2D eigenvalue weighted by Crippen LogP contribution is -1.93. The van der Waals surface area contributed by atoms with Crippen LogP contribution in [0.3, 0.4) is 0 Å². The van der Waals surface area contributed by atoms with Crippen molar-refractivity contribution in [3.05, 3.63) is 23.9 Å². The summed E-state index contributed by atoms with van der Waals surface area (Å²) in [6.45, 7) is 2.20. The second kappa shape index (κ2) is 4.75. The Morgan fingerprint density at radius 2 is 2.25 bits per heavy atom. The number of nitrogens with one attached hydrogen (secondary N) is 1. The van der Waals surface area contributed by atoms with Gasteiger partial charge in [-0.1, -0.05) is 19.4 Å². The summed E-state index contributed by atoms with van der Waals surface area (Å²) in [7, 11) is 1.88. The first kappa shape index (κ1) is 9.04. The third-order valence-corrected chi connectivity index (χ3v) is 1.90. The van der Waals surface area contributed by atoms with Crippen molar-refractivity contribution in [2.45, 2.75) is 26.2 Å². The number of hydrogen-bond acceptors (Lipinski definition) is 2. The van der Waals surface area contributed by atoms with Crippen LogP contribution in [0.15, 0.2) is 18.3 Å². The highest BCUT2D eigenvalue weighted by molar-refractivity contribution is 5.34. The summed E-state index contributed by atoms with van der Waals surface area (Å²) < 4.78 is 0. The average Bonchev–Trinajstić information content (AvgIpc) is 2.15. The molecule has 66 valence electrons. The van der Waals surface area contributed by atoms with Gasteiger partial charge in [-0.15, -0.1) is 0 Å². The van der Waals surface area contributed by atoms with Gasteiger partial charge >= 0.3 is 0 Å². The van der Waals surface area contributed by atoms with E-state index in [2.05, 4.69) is 23.3 Å². The first-order chi connectivity index (χ1) is 5.86. The molecule has 2 nitrogen and oxygen atoms in total. The zero-order chi connectivity index (χ0) is 8.81. The van der Waals surface area contributed by atoms with Gasteiger partial charge in [-0.3, -0.25) is 0 Å². The molecular weight excluding hydrogens is 148 g/mol. The van der Waals surface area contributed by atoms with E-state index >= 15 is 0 Å². The van der Waals surface area contributed by atoms with Gasteiger partial charge in [0.1, 0.15) is 5.82 Å². The normalized spacial score (nSPS) is 9.83. The monoisotopic (exact) mass is 164 g/mol. The topological polar surface area (TPSA) is 24.9 Å². The highest BCUT2D eigenvalue weighted by atomic mass is 14.9. The molecule has 1 rings (SSSR count). The SMILES string of the molecule is CCCCc1ccc(NC)nc1. The Kier molecular flexibility index (Phi) is 3.58. The van der Waals surface area contributed by atoms with Crippen LogP contribution in [0.5, 0.6) is 0 Å². The summed E-state index contributed by atoms with van der Waals surface area (Å²) in [4.78, 5) is 4.24. The molecule has 12 heavy (non-hydrogen) atoms. The lowest BCUT2D eigenvalue weighted by atomic mass is 10.1. The maximum Gasteiger partial charge on any atom is 0.125 e. The zero-order valence-electron chi connectivity index (χ0n) is 7.80. The quantitative estimate of drug-likeness (QED) is 0.739. The smallest absolute Gasteiger partial charge is 0.125 e. The minimum atomic E-state index is 0.940. The van der Waals surface area contributed by atoms with Crippen LogP contribution in [-0.4, -0.2) is 12.0 Å². The van der Waals surface area contributed by atoms with Crippen molar-refractivity contribution >= 4 is 5.82 Å². The average molecular weight is 164 g/mol. The first-order valence-corrected chi connectivity index (χ1v) is 4.49. The fourth-order valence-electron chi connectivity index (χ4n) is 1.10. The van der Waals surface area contributed by atoms with Crippen LogP contribution in [0.2, 0.25) is 0 Å². The number of anilines is 1. The molecule has 1 heterocycles. The highest BCUT2D eigenvalue weighted by Gasteiger charge is 1.92. The summed E-state index contributed by atoms with van der Waals surface area (Å²) >= 11 is 0. The van der Waals surface area contributed by atoms with Crippen LogP contribution in [-0.2, 0) is 6.42 Å². The Balaban J connectivity index is 2.53. The molecule has 0 unspecified atom stereocenters. The van der Waals surface area contributed by atoms with E-state index in [1.54, 1.807) is 0 Å². The Morgan fingerprint density at radius 1 is 1.42 bits per heavy atom. The van der Waals surface area contributed by atoms with Crippen LogP contribution in [0, 0.1) is 0 Å². The molecule has 0 aliphatic rings. The number of rotatable bonds is 4. The molecule has 0 aliphatic carbocycles. The largest absolute Gasteiger partial charge is 0.373 e. The van der Waals surface area contributed by atoms with Crippen LogP contribution >= 0.6 is 0 Å².